The molecular formula is C84H59N3O. The average Bonchev–Trinajstić information content (AvgIpc) is 1.68. The number of para-hydroxylation sites is 6. The topological polar surface area (TPSA) is 26.2 Å². The molecule has 0 saturated heterocycles. The molecule has 0 radical (unpaired) electrons. The minimum Gasteiger partial charge on any atom is -0.455 e. The van der Waals surface area contributed by atoms with Crippen molar-refractivity contribution >= 4 is 82.6 Å². The van der Waals surface area contributed by atoms with Crippen molar-refractivity contribution in [3.05, 3.63) is 307 Å². The lowest BCUT2D eigenvalue weighted by Crippen LogP contribution is -2.16. The number of rotatable bonds is 8. The lowest BCUT2D eigenvalue weighted by Gasteiger charge is -2.28. The summed E-state index contributed by atoms with van der Waals surface area (Å²) in [7, 11) is 0. The summed E-state index contributed by atoms with van der Waals surface area (Å²) in [6.45, 7) is 9.59. The van der Waals surface area contributed by atoms with Crippen molar-refractivity contribution in [1.82, 2.24) is 9.13 Å². The van der Waals surface area contributed by atoms with Crippen LogP contribution in [-0.2, 0) is 10.8 Å². The van der Waals surface area contributed by atoms with Crippen molar-refractivity contribution in [2.45, 2.75) is 38.5 Å². The molecule has 0 unspecified atom stereocenters. The zero-order valence-corrected chi connectivity index (χ0v) is 49.4. The quantitative estimate of drug-likeness (QED) is 0.152. The lowest BCUT2D eigenvalue weighted by molar-refractivity contribution is 0.660. The van der Waals surface area contributed by atoms with E-state index in [-0.39, 0.29) is 10.8 Å². The number of nitrogens with zero attached hydrogens (tertiary/aromatic N) is 3. The molecule has 0 atom stereocenters. The van der Waals surface area contributed by atoms with Crippen LogP contribution in [-0.4, -0.2) is 9.13 Å². The molecule has 3 heterocycles. The van der Waals surface area contributed by atoms with Crippen molar-refractivity contribution < 1.29 is 4.42 Å². The van der Waals surface area contributed by atoms with E-state index in [2.05, 4.69) is 321 Å². The van der Waals surface area contributed by atoms with Gasteiger partial charge in [-0.05, 0) is 188 Å². The summed E-state index contributed by atoms with van der Waals surface area (Å²) in [5.41, 5.74) is 29.4. The van der Waals surface area contributed by atoms with E-state index < -0.39 is 0 Å². The van der Waals surface area contributed by atoms with E-state index in [4.69, 9.17) is 4.42 Å². The largest absolute Gasteiger partial charge is 0.455 e. The molecule has 2 aliphatic rings. The zero-order valence-electron chi connectivity index (χ0n) is 49.4. The maximum atomic E-state index is 6.56. The average molecular weight is 1130 g/mol. The number of anilines is 3. The molecule has 0 saturated carbocycles. The van der Waals surface area contributed by atoms with Gasteiger partial charge < -0.3 is 18.5 Å². The minimum atomic E-state index is -0.276. The lowest BCUT2D eigenvalue weighted by atomic mass is 9.81. The summed E-state index contributed by atoms with van der Waals surface area (Å²) in [6, 6.07) is 106. The first-order valence-electron chi connectivity index (χ1n) is 30.7. The van der Waals surface area contributed by atoms with Crippen LogP contribution in [0.25, 0.3) is 133 Å². The van der Waals surface area contributed by atoms with Crippen LogP contribution < -0.4 is 4.90 Å². The molecule has 416 valence electrons. The molecule has 0 bridgehead atoms. The number of hydrogen-bond donors (Lipinski definition) is 0. The van der Waals surface area contributed by atoms with E-state index in [1.54, 1.807) is 0 Å². The third-order valence-corrected chi connectivity index (χ3v) is 19.7. The fourth-order valence-electron chi connectivity index (χ4n) is 15.3. The first-order valence-corrected chi connectivity index (χ1v) is 30.7. The van der Waals surface area contributed by atoms with Gasteiger partial charge in [0.25, 0.3) is 0 Å². The molecule has 88 heavy (non-hydrogen) atoms. The fourth-order valence-corrected chi connectivity index (χ4v) is 15.3. The minimum absolute atomic E-state index is 0.214. The van der Waals surface area contributed by atoms with Gasteiger partial charge >= 0.3 is 0 Å². The van der Waals surface area contributed by atoms with Gasteiger partial charge in [-0.25, -0.2) is 0 Å². The number of aromatic nitrogens is 2. The standard InChI is InChI=1S/C84H59N3O/c1-83(2)73-48-56(54-36-45-79-71(46-54)66-22-11-14-27-77(66)86(79)57-18-7-5-8-19-57)35-42-63(73)64-44-41-61(49-75(64)83)85(60-39-32-53(33-40-60)62-25-17-26-69-68-24-13-16-29-81(68)88-82(62)69)59-37-30-52(31-38-59)55-34-43-65-70-50-72-67-23-12-15-28-78(67)87(58-20-9-6-10-21-58)80(72)51-76(70)84(3,4)74(65)47-55/h5-51H,1-4H3. The molecule has 18 rings (SSSR count). The maximum absolute atomic E-state index is 6.56. The van der Waals surface area contributed by atoms with Crippen LogP contribution in [0, 0.1) is 0 Å². The van der Waals surface area contributed by atoms with E-state index in [0.717, 1.165) is 50.1 Å². The molecule has 0 fully saturated rings. The molecular weight excluding hydrogens is 1070 g/mol. The van der Waals surface area contributed by atoms with Crippen LogP contribution in [0.2, 0.25) is 0 Å². The predicted octanol–water partition coefficient (Wildman–Crippen LogP) is 22.9. The van der Waals surface area contributed by atoms with Gasteiger partial charge in [-0.1, -0.05) is 198 Å². The molecule has 4 nitrogen and oxygen atoms in total. The second-order valence-corrected chi connectivity index (χ2v) is 25.2. The van der Waals surface area contributed by atoms with E-state index in [0.29, 0.717) is 0 Å². The number of benzene rings is 13. The van der Waals surface area contributed by atoms with Gasteiger partial charge in [0.1, 0.15) is 11.2 Å². The van der Waals surface area contributed by atoms with Crippen LogP contribution in [0.5, 0.6) is 0 Å². The van der Waals surface area contributed by atoms with Crippen LogP contribution in [0.1, 0.15) is 49.9 Å². The molecule has 4 heteroatoms. The summed E-state index contributed by atoms with van der Waals surface area (Å²) in [6.07, 6.45) is 0. The molecule has 0 spiro atoms. The third kappa shape index (κ3) is 7.39. The van der Waals surface area contributed by atoms with Gasteiger partial charge in [0.05, 0.1) is 22.1 Å². The van der Waals surface area contributed by atoms with Gasteiger partial charge in [0.15, 0.2) is 0 Å². The summed E-state index contributed by atoms with van der Waals surface area (Å²) in [5.74, 6) is 0. The highest BCUT2D eigenvalue weighted by Crippen LogP contribution is 2.54. The van der Waals surface area contributed by atoms with Gasteiger partial charge in [0.2, 0.25) is 0 Å². The predicted molar refractivity (Wildman–Crippen MR) is 369 cm³/mol. The van der Waals surface area contributed by atoms with Crippen LogP contribution in [0.15, 0.2) is 290 Å². The first kappa shape index (κ1) is 50.4. The Bertz CT molecular complexity index is 5540. The van der Waals surface area contributed by atoms with Gasteiger partial charge in [-0.15, -0.1) is 0 Å². The second-order valence-electron chi connectivity index (χ2n) is 25.2. The molecule has 0 aliphatic heterocycles. The Morgan fingerprint density at radius 3 is 1.36 bits per heavy atom. The van der Waals surface area contributed by atoms with E-state index in [9.17, 15) is 0 Å². The van der Waals surface area contributed by atoms with Crippen LogP contribution >= 0.6 is 0 Å². The number of furan rings is 1. The molecule has 13 aromatic carbocycles. The summed E-state index contributed by atoms with van der Waals surface area (Å²) < 4.78 is 11.4. The number of fused-ring (bicyclic) bond motifs is 15. The van der Waals surface area contributed by atoms with Crippen LogP contribution in [0.3, 0.4) is 0 Å². The summed E-state index contributed by atoms with van der Waals surface area (Å²) >= 11 is 0. The van der Waals surface area contributed by atoms with Crippen molar-refractivity contribution in [3.8, 4) is 67.0 Å². The molecule has 3 aromatic heterocycles. The Balaban J connectivity index is 0.717. The van der Waals surface area contributed by atoms with Gasteiger partial charge in [-0.2, -0.15) is 0 Å². The Morgan fingerprint density at radius 2 is 0.716 bits per heavy atom. The Morgan fingerprint density at radius 1 is 0.273 bits per heavy atom. The highest BCUT2D eigenvalue weighted by molar-refractivity contribution is 6.13. The van der Waals surface area contributed by atoms with Crippen LogP contribution in [0.4, 0.5) is 17.1 Å². The Kier molecular flexibility index (Phi) is 10.8. The summed E-state index contributed by atoms with van der Waals surface area (Å²) in [5, 5.41) is 7.32. The molecule has 2 aliphatic carbocycles. The van der Waals surface area contributed by atoms with E-state index >= 15 is 0 Å². The smallest absolute Gasteiger partial charge is 0.143 e. The van der Waals surface area contributed by atoms with Crippen molar-refractivity contribution in [2.24, 2.45) is 0 Å². The molecule has 0 N–H and O–H groups in total. The monoisotopic (exact) mass is 1130 g/mol. The van der Waals surface area contributed by atoms with E-state index in [1.807, 2.05) is 6.07 Å². The Hall–Kier alpha value is -10.9. The number of hydrogen-bond acceptors (Lipinski definition) is 2. The van der Waals surface area contributed by atoms with Gasteiger partial charge in [-0.3, -0.25) is 0 Å². The second kappa shape index (κ2) is 18.8. The molecule has 0 amide bonds. The fraction of sp³-hybridized carbons (Fsp3) is 0.0714. The SMILES string of the molecule is CC1(C)c2cc(-c3ccc4c(c3)c3ccccc3n4-c3ccccc3)ccc2-c2ccc(N(c3ccc(-c4ccc5c(c4)C(C)(C)c4cc6c(cc4-5)c4ccccc4n6-c4ccccc4)cc3)c3ccc(-c4cccc5c4oc4ccccc45)cc3)cc21. The maximum Gasteiger partial charge on any atom is 0.143 e. The van der Waals surface area contributed by atoms with Crippen molar-refractivity contribution in [2.75, 3.05) is 4.90 Å². The highest BCUT2D eigenvalue weighted by Gasteiger charge is 2.38. The van der Waals surface area contributed by atoms with Gasteiger partial charge in [0, 0.05) is 77.1 Å². The summed E-state index contributed by atoms with van der Waals surface area (Å²) in [4.78, 5) is 2.43. The zero-order chi connectivity index (χ0) is 58.6. The third-order valence-electron chi connectivity index (χ3n) is 19.7. The van der Waals surface area contributed by atoms with Crippen molar-refractivity contribution in [3.63, 3.8) is 0 Å². The highest BCUT2D eigenvalue weighted by atomic mass is 16.3. The van der Waals surface area contributed by atoms with Crippen molar-refractivity contribution in [1.29, 1.82) is 0 Å². The normalized spacial score (nSPS) is 13.6. The van der Waals surface area contributed by atoms with E-state index in [1.165, 1.54) is 122 Å². The molecule has 16 aromatic rings. The first-order chi connectivity index (χ1) is 43.1. The Labute approximate surface area is 511 Å².